The molecule has 2 nitrogen and oxygen atoms in total. The Bertz CT molecular complexity index is 285. The Morgan fingerprint density at radius 1 is 1.53 bits per heavy atom. The van der Waals surface area contributed by atoms with Crippen LogP contribution in [0.1, 0.15) is 33.1 Å². The van der Waals surface area contributed by atoms with Gasteiger partial charge in [0.15, 0.2) is 0 Å². The molecule has 0 aliphatic heterocycles. The van der Waals surface area contributed by atoms with Crippen molar-refractivity contribution in [2.45, 2.75) is 33.1 Å². The number of esters is 1. The summed E-state index contributed by atoms with van der Waals surface area (Å²) in [7, 11) is 1.40. The van der Waals surface area contributed by atoms with Crippen LogP contribution in [0.5, 0.6) is 0 Å². The lowest BCUT2D eigenvalue weighted by atomic mass is 9.51. The molecule has 7 radical (unpaired) electrons. The predicted molar refractivity (Wildman–Crippen MR) is 66.3 cm³/mol. The Balaban J connectivity index is 3.12. The molecule has 1 saturated carbocycles. The molecule has 2 heteroatoms. The second-order valence-electron chi connectivity index (χ2n) is 5.33. The summed E-state index contributed by atoms with van der Waals surface area (Å²) < 4.78 is 4.91. The molecule has 3 atom stereocenters. The second kappa shape index (κ2) is 4.99. The Morgan fingerprint density at radius 3 is 2.53 bits per heavy atom. The van der Waals surface area contributed by atoms with E-state index < -0.39 is 16.7 Å². The van der Waals surface area contributed by atoms with E-state index in [4.69, 9.17) is 25.5 Å². The first-order chi connectivity index (χ1) is 7.82. The third-order valence-electron chi connectivity index (χ3n) is 4.37. The maximum absolute atomic E-state index is 12.0. The van der Waals surface area contributed by atoms with Crippen molar-refractivity contribution in [1.29, 1.82) is 0 Å². The lowest BCUT2D eigenvalue weighted by Gasteiger charge is -2.52. The van der Waals surface area contributed by atoms with Gasteiger partial charge in [-0.15, -0.1) is 0 Å². The zero-order valence-corrected chi connectivity index (χ0v) is 10.9. The number of rotatable bonds is 3. The first kappa shape index (κ1) is 14.5. The minimum atomic E-state index is -0.607. The number of methoxy groups -OCH3 is 1. The monoisotopic (exact) mass is 233 g/mol. The van der Waals surface area contributed by atoms with Crippen LogP contribution >= 0.6 is 0 Å². The fourth-order valence-corrected chi connectivity index (χ4v) is 3.05. The first-order valence-electron chi connectivity index (χ1n) is 5.97. The minimum Gasteiger partial charge on any atom is -0.469 e. The molecule has 0 saturated heterocycles. The number of carbonyl (C=O) groups is 1. The summed E-state index contributed by atoms with van der Waals surface area (Å²) in [6.45, 7) is 21.4. The van der Waals surface area contributed by atoms with Crippen LogP contribution in [0, 0.1) is 49.9 Å². The number of ether oxygens (including phenoxy) is 1. The predicted octanol–water partition coefficient (Wildman–Crippen LogP) is 2.93. The highest BCUT2D eigenvalue weighted by Gasteiger charge is 2.53. The molecule has 1 fully saturated rings. The molecule has 93 valence electrons. The van der Waals surface area contributed by atoms with E-state index in [-0.39, 0.29) is 11.9 Å². The summed E-state index contributed by atoms with van der Waals surface area (Å²) in [6.07, 6.45) is 3.98. The van der Waals surface area contributed by atoms with Gasteiger partial charge in [0.2, 0.25) is 0 Å². The lowest BCUT2D eigenvalue weighted by Crippen LogP contribution is -2.50. The fourth-order valence-electron chi connectivity index (χ4n) is 3.05. The summed E-state index contributed by atoms with van der Waals surface area (Å²) >= 11 is 0. The first-order valence-corrected chi connectivity index (χ1v) is 5.97. The highest BCUT2D eigenvalue weighted by atomic mass is 16.5. The molecule has 0 bridgehead atoms. The fraction of sp³-hybridized carbons (Fsp3) is 0.667. The van der Waals surface area contributed by atoms with Gasteiger partial charge >= 0.3 is 5.97 Å². The van der Waals surface area contributed by atoms with Crippen LogP contribution in [0.4, 0.5) is 0 Å². The second-order valence-corrected chi connectivity index (χ2v) is 5.33. The summed E-state index contributed by atoms with van der Waals surface area (Å²) in [6, 6.07) is 0. The van der Waals surface area contributed by atoms with Crippen molar-refractivity contribution < 1.29 is 9.53 Å². The van der Waals surface area contributed by atoms with Gasteiger partial charge in [0, 0.05) is 0 Å². The van der Waals surface area contributed by atoms with Crippen molar-refractivity contribution in [1.82, 2.24) is 0 Å². The normalized spacial score (nSPS) is 38.2. The molecular weight excluding hydrogens is 212 g/mol. The van der Waals surface area contributed by atoms with Gasteiger partial charge in [-0.1, -0.05) is 6.92 Å². The summed E-state index contributed by atoms with van der Waals surface area (Å²) in [5, 5.41) is 0. The van der Waals surface area contributed by atoms with Gasteiger partial charge in [0.25, 0.3) is 0 Å². The minimum absolute atomic E-state index is 0.101. The van der Waals surface area contributed by atoms with Gasteiger partial charge in [-0.3, -0.25) is 4.79 Å². The van der Waals surface area contributed by atoms with Crippen LogP contribution in [0.2, 0.25) is 0 Å². The van der Waals surface area contributed by atoms with Crippen LogP contribution in [0.25, 0.3) is 0 Å². The molecule has 0 aromatic rings. The van der Waals surface area contributed by atoms with Crippen molar-refractivity contribution >= 4 is 5.97 Å². The molecule has 3 unspecified atom stereocenters. The quantitative estimate of drug-likeness (QED) is 0.701. The Hall–Kier alpha value is -0.530. The third-order valence-corrected chi connectivity index (χ3v) is 4.37. The standard InChI is InChI=1S/C15H21O2/c1-7-12-14(4,11(2)3)9-8-10-15(12,5)13(16)17-6/h1-3,9,11-12H,7-8,10H2,4-6H3. The molecule has 17 heavy (non-hydrogen) atoms. The Kier molecular flexibility index (Phi) is 4.27. The topological polar surface area (TPSA) is 26.3 Å². The van der Waals surface area contributed by atoms with Crippen molar-refractivity contribution in [3.8, 4) is 0 Å². The van der Waals surface area contributed by atoms with Crippen LogP contribution in [-0.2, 0) is 9.53 Å². The molecule has 0 N–H and O–H groups in total. The number of carbonyl (C=O) groups excluding carboxylic acids is 1. The van der Waals surface area contributed by atoms with E-state index in [0.29, 0.717) is 6.42 Å². The van der Waals surface area contributed by atoms with E-state index in [1.165, 1.54) is 7.11 Å². The van der Waals surface area contributed by atoms with Gasteiger partial charge in [0.05, 0.1) is 12.5 Å². The van der Waals surface area contributed by atoms with E-state index in [1.54, 1.807) is 0 Å². The molecule has 0 spiro atoms. The third kappa shape index (κ3) is 2.23. The van der Waals surface area contributed by atoms with E-state index in [1.807, 2.05) is 13.8 Å². The summed E-state index contributed by atoms with van der Waals surface area (Å²) in [4.78, 5) is 12.0. The molecule has 0 aromatic heterocycles. The van der Waals surface area contributed by atoms with E-state index in [0.717, 1.165) is 12.8 Å². The highest BCUT2D eigenvalue weighted by molar-refractivity contribution is 5.77. The largest absolute Gasteiger partial charge is 0.469 e. The maximum Gasteiger partial charge on any atom is 0.311 e. The van der Waals surface area contributed by atoms with Gasteiger partial charge in [-0.05, 0) is 70.6 Å². The van der Waals surface area contributed by atoms with Crippen molar-refractivity contribution in [2.75, 3.05) is 7.11 Å². The van der Waals surface area contributed by atoms with Crippen molar-refractivity contribution in [3.63, 3.8) is 0 Å². The van der Waals surface area contributed by atoms with E-state index in [2.05, 4.69) is 6.42 Å². The number of hydrogen-bond donors (Lipinski definition) is 0. The van der Waals surface area contributed by atoms with Crippen LogP contribution in [-0.4, -0.2) is 13.1 Å². The van der Waals surface area contributed by atoms with Crippen molar-refractivity contribution in [2.24, 2.45) is 22.7 Å². The zero-order valence-electron chi connectivity index (χ0n) is 10.9. The molecule has 1 rings (SSSR count). The maximum atomic E-state index is 12.0. The van der Waals surface area contributed by atoms with E-state index >= 15 is 0 Å². The zero-order chi connectivity index (χ0) is 13.3. The molecular formula is C15H21O2. The smallest absolute Gasteiger partial charge is 0.311 e. The average Bonchev–Trinajstić information content (AvgIpc) is 2.28. The average molecular weight is 233 g/mol. The Labute approximate surface area is 106 Å². The van der Waals surface area contributed by atoms with E-state index in [9.17, 15) is 4.79 Å². The molecule has 1 aliphatic carbocycles. The molecule has 0 amide bonds. The van der Waals surface area contributed by atoms with Gasteiger partial charge in [0.1, 0.15) is 0 Å². The summed E-state index contributed by atoms with van der Waals surface area (Å²) in [5.41, 5.74) is -1.04. The lowest BCUT2D eigenvalue weighted by molar-refractivity contribution is -0.161. The highest BCUT2D eigenvalue weighted by Crippen LogP contribution is 2.55. The Morgan fingerprint density at radius 2 is 2.12 bits per heavy atom. The van der Waals surface area contributed by atoms with Crippen LogP contribution in [0.15, 0.2) is 0 Å². The van der Waals surface area contributed by atoms with Gasteiger partial charge < -0.3 is 4.74 Å². The van der Waals surface area contributed by atoms with Crippen molar-refractivity contribution in [3.05, 3.63) is 27.2 Å². The molecule has 0 heterocycles. The van der Waals surface area contributed by atoms with Gasteiger partial charge in [-0.2, -0.15) is 0 Å². The van der Waals surface area contributed by atoms with Crippen LogP contribution in [0.3, 0.4) is 0 Å². The SMILES string of the molecule is [CH]CC1C(C)(C(=O)OC)CC[CH]C1(C)C([CH])[CH]. The van der Waals surface area contributed by atoms with Gasteiger partial charge in [-0.25, -0.2) is 0 Å². The van der Waals surface area contributed by atoms with Crippen LogP contribution < -0.4 is 0 Å². The summed E-state index contributed by atoms with van der Waals surface area (Å²) in [5.74, 6) is -0.857. The molecule has 0 aromatic carbocycles. The molecule has 1 aliphatic rings. The number of hydrogen-bond acceptors (Lipinski definition) is 2.